The van der Waals surface area contributed by atoms with Crippen LogP contribution in [0.3, 0.4) is 0 Å². The predicted molar refractivity (Wildman–Crippen MR) is 267 cm³/mol. The van der Waals surface area contributed by atoms with Crippen molar-refractivity contribution in [1.29, 1.82) is 0 Å². The third-order valence-corrected chi connectivity index (χ3v) is 13.1. The molecule has 0 amide bonds. The number of pyridine rings is 2. The minimum atomic E-state index is 0.00987. The van der Waals surface area contributed by atoms with Crippen molar-refractivity contribution in [3.63, 3.8) is 0 Å². The van der Waals surface area contributed by atoms with Crippen molar-refractivity contribution in [1.82, 2.24) is 39.9 Å². The van der Waals surface area contributed by atoms with Gasteiger partial charge in [0.15, 0.2) is 34.9 Å². The predicted octanol–water partition coefficient (Wildman–Crippen LogP) is 13.2. The van der Waals surface area contributed by atoms with Gasteiger partial charge >= 0.3 is 0 Å². The summed E-state index contributed by atoms with van der Waals surface area (Å²) in [5.74, 6) is 3.75. The zero-order chi connectivity index (χ0) is 45.0. The molecule has 0 aliphatic heterocycles. The van der Waals surface area contributed by atoms with Crippen LogP contribution in [-0.4, -0.2) is 39.9 Å². The fourth-order valence-electron chi connectivity index (χ4n) is 9.84. The van der Waals surface area contributed by atoms with Gasteiger partial charge in [0, 0.05) is 68.7 Å². The average Bonchev–Trinajstić information content (AvgIpc) is 3.43. The maximum absolute atomic E-state index is 5.16. The molecule has 14 rings (SSSR count). The van der Waals surface area contributed by atoms with Crippen LogP contribution in [0, 0.1) is 0 Å². The highest BCUT2D eigenvalue weighted by Gasteiger charge is 2.41. The van der Waals surface area contributed by atoms with E-state index in [1.165, 1.54) is 33.4 Å². The Bertz CT molecular complexity index is 3420. The second kappa shape index (κ2) is 16.4. The van der Waals surface area contributed by atoms with Crippen molar-refractivity contribution in [2.24, 2.45) is 0 Å². The summed E-state index contributed by atoms with van der Waals surface area (Å²) in [5.41, 5.74) is 17.2. The molecule has 3 aliphatic rings. The highest BCUT2D eigenvalue weighted by molar-refractivity contribution is 5.76. The Balaban J connectivity index is 0.902. The highest BCUT2D eigenvalue weighted by Crippen LogP contribution is 2.56. The van der Waals surface area contributed by atoms with Crippen molar-refractivity contribution in [2.75, 3.05) is 0 Å². The van der Waals surface area contributed by atoms with Gasteiger partial charge in [0.1, 0.15) is 0 Å². The molecule has 7 aromatic carbocycles. The van der Waals surface area contributed by atoms with Crippen molar-refractivity contribution >= 4 is 0 Å². The maximum atomic E-state index is 5.16. The molecule has 318 valence electrons. The van der Waals surface area contributed by atoms with Crippen LogP contribution in [0.4, 0.5) is 0 Å². The van der Waals surface area contributed by atoms with Gasteiger partial charge in [-0.1, -0.05) is 170 Å². The molecule has 8 nitrogen and oxygen atoms in total. The second-order valence-corrected chi connectivity index (χ2v) is 17.1. The third kappa shape index (κ3) is 6.94. The molecule has 11 aromatic rings. The number of nitrogens with zero attached hydrogens (tertiary/aromatic N) is 8. The molecule has 2 atom stereocenters. The molecule has 3 aliphatic carbocycles. The van der Waals surface area contributed by atoms with E-state index in [1.807, 2.05) is 109 Å². The summed E-state index contributed by atoms with van der Waals surface area (Å²) in [5, 5.41) is 0. The third-order valence-electron chi connectivity index (χ3n) is 13.1. The monoisotopic (exact) mass is 870 g/mol. The normalized spacial score (nSPS) is 14.2. The summed E-state index contributed by atoms with van der Waals surface area (Å²) >= 11 is 0. The summed E-state index contributed by atoms with van der Waals surface area (Å²) < 4.78 is 0. The molecule has 0 saturated carbocycles. The van der Waals surface area contributed by atoms with Crippen molar-refractivity contribution in [2.45, 2.75) is 11.8 Å². The van der Waals surface area contributed by atoms with E-state index in [1.54, 1.807) is 0 Å². The molecule has 8 heteroatoms. The Morgan fingerprint density at radius 3 is 0.882 bits per heavy atom. The standard InChI is InChI=1S/C60H38N8/c1-3-13-39(14-4-1)55-63-57(41-25-21-37(22-26-41)51-19-9-11-33-61-51)67-59(65-55)43-29-31-47-49(35-43)53-45-17-7-8-18-46(45)54(47)50-36-44(30-32-48(50)53)60-66-56(40-15-5-2-6-16-40)64-58(68-60)42-27-23-38(24-28-42)52-20-10-12-34-62-52/h1-36,53-54H. The van der Waals surface area contributed by atoms with Gasteiger partial charge in [0.2, 0.25) is 0 Å². The Kier molecular flexibility index (Phi) is 9.45. The van der Waals surface area contributed by atoms with Crippen LogP contribution < -0.4 is 0 Å². The first-order valence-corrected chi connectivity index (χ1v) is 22.7. The Morgan fingerprint density at radius 2 is 0.515 bits per heavy atom. The Morgan fingerprint density at radius 1 is 0.221 bits per heavy atom. The van der Waals surface area contributed by atoms with Gasteiger partial charge in [-0.25, -0.2) is 29.9 Å². The Hall–Kier alpha value is -9.14. The average molecular weight is 871 g/mol. The Labute approximate surface area is 392 Å². The van der Waals surface area contributed by atoms with Crippen LogP contribution in [0.15, 0.2) is 219 Å². The van der Waals surface area contributed by atoms with Crippen LogP contribution in [0.2, 0.25) is 0 Å². The molecule has 0 N–H and O–H groups in total. The lowest BCUT2D eigenvalue weighted by Gasteiger charge is -2.42. The van der Waals surface area contributed by atoms with Gasteiger partial charge in [-0.15, -0.1) is 0 Å². The van der Waals surface area contributed by atoms with Gasteiger partial charge in [0.25, 0.3) is 0 Å². The molecule has 2 unspecified atom stereocenters. The SMILES string of the molecule is c1ccc(-c2nc(-c3ccc(-c4ccccn4)cc3)nc(-c3ccc4c(c3)C3c5ccccc5C4c4cc(-c5nc(-c6ccccc6)nc(-c6ccc(-c7ccccn7)cc6)n5)ccc43)n2)cc1. The summed E-state index contributed by atoms with van der Waals surface area (Å²) in [6, 6.07) is 71.1. The first-order chi connectivity index (χ1) is 33.7. The van der Waals surface area contributed by atoms with Crippen LogP contribution in [-0.2, 0) is 0 Å². The van der Waals surface area contributed by atoms with E-state index in [0.717, 1.165) is 55.9 Å². The van der Waals surface area contributed by atoms with E-state index in [-0.39, 0.29) is 11.8 Å². The molecular formula is C60H38N8. The minimum absolute atomic E-state index is 0.00987. The first-order valence-electron chi connectivity index (χ1n) is 22.7. The van der Waals surface area contributed by atoms with Crippen molar-refractivity contribution < 1.29 is 0 Å². The largest absolute Gasteiger partial charge is 0.256 e. The molecule has 2 bridgehead atoms. The number of hydrogen-bond acceptors (Lipinski definition) is 8. The molecule has 68 heavy (non-hydrogen) atoms. The molecule has 0 spiro atoms. The van der Waals surface area contributed by atoms with Crippen LogP contribution in [0.1, 0.15) is 45.2 Å². The molecule has 4 heterocycles. The van der Waals surface area contributed by atoms with E-state index in [4.69, 9.17) is 29.9 Å². The number of aromatic nitrogens is 8. The summed E-state index contributed by atoms with van der Waals surface area (Å²) in [6.07, 6.45) is 3.62. The lowest BCUT2D eigenvalue weighted by molar-refractivity contribution is 0.754. The number of benzene rings is 7. The van der Waals surface area contributed by atoms with Gasteiger partial charge in [-0.3, -0.25) is 9.97 Å². The van der Waals surface area contributed by atoms with E-state index >= 15 is 0 Å². The molecule has 4 aromatic heterocycles. The van der Waals surface area contributed by atoms with Gasteiger partial charge < -0.3 is 0 Å². The van der Waals surface area contributed by atoms with E-state index < -0.39 is 0 Å². The van der Waals surface area contributed by atoms with E-state index in [0.29, 0.717) is 34.9 Å². The quantitative estimate of drug-likeness (QED) is 0.149. The van der Waals surface area contributed by atoms with E-state index in [9.17, 15) is 0 Å². The minimum Gasteiger partial charge on any atom is -0.256 e. The molecule has 0 fully saturated rings. The topological polar surface area (TPSA) is 103 Å². The first kappa shape index (κ1) is 39.2. The number of hydrogen-bond donors (Lipinski definition) is 0. The summed E-state index contributed by atoms with van der Waals surface area (Å²) in [7, 11) is 0. The fraction of sp³-hybridized carbons (Fsp3) is 0.0333. The molecule has 0 saturated heterocycles. The fourth-order valence-corrected chi connectivity index (χ4v) is 9.84. The van der Waals surface area contributed by atoms with Crippen molar-refractivity contribution in [3.8, 4) is 90.8 Å². The van der Waals surface area contributed by atoms with Gasteiger partial charge in [-0.05, 0) is 69.8 Å². The summed E-state index contributed by atoms with van der Waals surface area (Å²) in [4.78, 5) is 39.7. The van der Waals surface area contributed by atoms with Crippen molar-refractivity contribution in [3.05, 3.63) is 252 Å². The lowest BCUT2D eigenvalue weighted by atomic mass is 9.61. The maximum Gasteiger partial charge on any atom is 0.164 e. The van der Waals surface area contributed by atoms with Crippen LogP contribution in [0.25, 0.3) is 90.8 Å². The zero-order valence-electron chi connectivity index (χ0n) is 36.5. The summed E-state index contributed by atoms with van der Waals surface area (Å²) in [6.45, 7) is 0. The second-order valence-electron chi connectivity index (χ2n) is 17.1. The van der Waals surface area contributed by atoms with Crippen LogP contribution >= 0.6 is 0 Å². The molecular weight excluding hydrogens is 833 g/mol. The van der Waals surface area contributed by atoms with Gasteiger partial charge in [0.05, 0.1) is 11.4 Å². The number of rotatable bonds is 8. The molecule has 0 radical (unpaired) electrons. The zero-order valence-corrected chi connectivity index (χ0v) is 36.5. The van der Waals surface area contributed by atoms with E-state index in [2.05, 4.69) is 119 Å². The highest BCUT2D eigenvalue weighted by atomic mass is 15.0. The van der Waals surface area contributed by atoms with Gasteiger partial charge in [-0.2, -0.15) is 0 Å². The smallest absolute Gasteiger partial charge is 0.164 e. The van der Waals surface area contributed by atoms with Crippen LogP contribution in [0.5, 0.6) is 0 Å². The lowest BCUT2D eigenvalue weighted by Crippen LogP contribution is -2.27.